The molecule has 0 atom stereocenters. The molecule has 140 valence electrons. The molecule has 1 aliphatic heterocycles. The Labute approximate surface area is 162 Å². The van der Waals surface area contributed by atoms with Crippen LogP contribution in [-0.2, 0) is 0 Å². The highest BCUT2D eigenvalue weighted by molar-refractivity contribution is 9.10. The van der Waals surface area contributed by atoms with Crippen LogP contribution in [0, 0.1) is 20.2 Å². The third-order valence-electron chi connectivity index (χ3n) is 4.38. The first-order valence-electron chi connectivity index (χ1n) is 8.09. The largest absolute Gasteiger partial charge is 0.368 e. The van der Waals surface area contributed by atoms with E-state index in [1.54, 1.807) is 23.1 Å². The van der Waals surface area contributed by atoms with Gasteiger partial charge in [-0.2, -0.15) is 0 Å². The minimum atomic E-state index is -0.534. The predicted octanol–water partition coefficient (Wildman–Crippen LogP) is 3.23. The van der Waals surface area contributed by atoms with Gasteiger partial charge in [0.25, 0.3) is 17.3 Å². The zero-order valence-electron chi connectivity index (χ0n) is 14.1. The highest BCUT2D eigenvalue weighted by atomic mass is 79.9. The van der Waals surface area contributed by atoms with Gasteiger partial charge >= 0.3 is 0 Å². The Morgan fingerprint density at radius 1 is 0.926 bits per heavy atom. The Bertz CT molecular complexity index is 895. The normalized spacial score (nSPS) is 14.1. The van der Waals surface area contributed by atoms with E-state index in [2.05, 4.69) is 15.9 Å². The third kappa shape index (κ3) is 4.05. The number of nitrogens with zero attached hydrogens (tertiary/aromatic N) is 4. The van der Waals surface area contributed by atoms with Crippen molar-refractivity contribution in [1.29, 1.82) is 0 Å². The molecule has 2 aromatic carbocycles. The summed E-state index contributed by atoms with van der Waals surface area (Å²) in [6.45, 7) is 2.06. The van der Waals surface area contributed by atoms with Gasteiger partial charge in [0.15, 0.2) is 0 Å². The van der Waals surface area contributed by atoms with Crippen LogP contribution in [-0.4, -0.2) is 46.8 Å². The highest BCUT2D eigenvalue weighted by Crippen LogP contribution is 2.27. The number of hydrogen-bond acceptors (Lipinski definition) is 6. The predicted molar refractivity (Wildman–Crippen MR) is 102 cm³/mol. The van der Waals surface area contributed by atoms with Crippen LogP contribution in [0.3, 0.4) is 0 Å². The van der Waals surface area contributed by atoms with Gasteiger partial charge in [0.2, 0.25) is 0 Å². The van der Waals surface area contributed by atoms with E-state index in [0.717, 1.165) is 5.69 Å². The number of non-ortho nitro benzene ring substituents is 1. The van der Waals surface area contributed by atoms with Crippen molar-refractivity contribution in [3.63, 3.8) is 0 Å². The minimum Gasteiger partial charge on any atom is -0.368 e. The quantitative estimate of drug-likeness (QED) is 0.539. The number of carbonyl (C=O) groups excluding carboxylic acids is 1. The Kier molecular flexibility index (Phi) is 5.36. The number of nitro groups is 2. The summed E-state index contributed by atoms with van der Waals surface area (Å²) in [6, 6.07) is 10.6. The summed E-state index contributed by atoms with van der Waals surface area (Å²) in [5.74, 6) is -0.256. The SMILES string of the molecule is O=C(c1ccc(Br)c([N+](=O)[O-])c1)N1CCN(c2ccc([N+](=O)[O-])cc2)CC1. The van der Waals surface area contributed by atoms with Gasteiger partial charge in [-0.05, 0) is 40.2 Å². The molecule has 0 aromatic heterocycles. The maximum Gasteiger partial charge on any atom is 0.284 e. The van der Waals surface area contributed by atoms with Crippen molar-refractivity contribution < 1.29 is 14.6 Å². The van der Waals surface area contributed by atoms with Crippen LogP contribution < -0.4 is 4.90 Å². The van der Waals surface area contributed by atoms with Crippen molar-refractivity contribution in [3.05, 3.63) is 72.7 Å². The summed E-state index contributed by atoms with van der Waals surface area (Å²) in [4.78, 5) is 37.1. The first kappa shape index (κ1) is 18.8. The van der Waals surface area contributed by atoms with Gasteiger partial charge in [-0.15, -0.1) is 0 Å². The molecule has 9 nitrogen and oxygen atoms in total. The van der Waals surface area contributed by atoms with Crippen LogP contribution in [0.1, 0.15) is 10.4 Å². The Morgan fingerprint density at radius 2 is 1.56 bits per heavy atom. The molecule has 0 saturated carbocycles. The Morgan fingerprint density at radius 3 is 2.11 bits per heavy atom. The summed E-state index contributed by atoms with van der Waals surface area (Å²) >= 11 is 3.11. The number of amides is 1. The minimum absolute atomic E-state index is 0.0318. The second kappa shape index (κ2) is 7.70. The molecule has 1 aliphatic rings. The molecule has 1 fully saturated rings. The second-order valence-electron chi connectivity index (χ2n) is 5.98. The molecule has 1 heterocycles. The van der Waals surface area contributed by atoms with Crippen molar-refractivity contribution in [2.45, 2.75) is 0 Å². The molecule has 10 heteroatoms. The number of hydrogen-bond donors (Lipinski definition) is 0. The maximum atomic E-state index is 12.6. The lowest BCUT2D eigenvalue weighted by Gasteiger charge is -2.36. The molecule has 3 rings (SSSR count). The van der Waals surface area contributed by atoms with E-state index in [1.165, 1.54) is 24.3 Å². The molecule has 27 heavy (non-hydrogen) atoms. The van der Waals surface area contributed by atoms with Crippen LogP contribution in [0.15, 0.2) is 46.9 Å². The van der Waals surface area contributed by atoms with Gasteiger partial charge in [0.1, 0.15) is 0 Å². The zero-order chi connectivity index (χ0) is 19.6. The molecular weight excluding hydrogens is 420 g/mol. The van der Waals surface area contributed by atoms with E-state index in [9.17, 15) is 25.0 Å². The molecule has 1 amide bonds. The first-order chi connectivity index (χ1) is 12.9. The van der Waals surface area contributed by atoms with Crippen molar-refractivity contribution >= 4 is 38.9 Å². The van der Waals surface area contributed by atoms with E-state index >= 15 is 0 Å². The van der Waals surface area contributed by atoms with Gasteiger partial charge in [-0.25, -0.2) is 0 Å². The number of rotatable bonds is 4. The highest BCUT2D eigenvalue weighted by Gasteiger charge is 2.24. The van der Waals surface area contributed by atoms with Crippen LogP contribution in [0.25, 0.3) is 0 Å². The van der Waals surface area contributed by atoms with E-state index < -0.39 is 9.85 Å². The molecular formula is C17H15BrN4O5. The Hall–Kier alpha value is -3.01. The monoisotopic (exact) mass is 434 g/mol. The van der Waals surface area contributed by atoms with Crippen molar-refractivity contribution in [2.75, 3.05) is 31.1 Å². The first-order valence-corrected chi connectivity index (χ1v) is 8.89. The lowest BCUT2D eigenvalue weighted by molar-refractivity contribution is -0.385. The van der Waals surface area contributed by atoms with Crippen molar-refractivity contribution in [2.24, 2.45) is 0 Å². The fourth-order valence-corrected chi connectivity index (χ4v) is 3.31. The van der Waals surface area contributed by atoms with Gasteiger partial charge in [0, 0.05) is 55.6 Å². The standard InChI is InChI=1S/C17H15BrN4O5/c18-15-6-1-12(11-16(15)22(26)27)17(23)20-9-7-19(8-10-20)13-2-4-14(5-3-13)21(24)25/h1-6,11H,7-10H2. The van der Waals surface area contributed by atoms with Gasteiger partial charge in [-0.3, -0.25) is 25.0 Å². The van der Waals surface area contributed by atoms with Crippen LogP contribution in [0.4, 0.5) is 17.1 Å². The number of carbonyl (C=O) groups is 1. The van der Waals surface area contributed by atoms with Crippen molar-refractivity contribution in [3.8, 4) is 0 Å². The molecule has 0 radical (unpaired) electrons. The summed E-state index contributed by atoms with van der Waals surface area (Å²) < 4.78 is 0.326. The Balaban J connectivity index is 1.66. The average Bonchev–Trinajstić information content (AvgIpc) is 2.68. The van der Waals surface area contributed by atoms with Crippen LogP contribution >= 0.6 is 15.9 Å². The summed E-state index contributed by atoms with van der Waals surface area (Å²) in [6.07, 6.45) is 0. The molecule has 1 saturated heterocycles. The number of benzene rings is 2. The molecule has 2 aromatic rings. The number of halogens is 1. The molecule has 0 unspecified atom stereocenters. The van der Waals surface area contributed by atoms with E-state index in [4.69, 9.17) is 0 Å². The number of nitro benzene ring substituents is 2. The second-order valence-corrected chi connectivity index (χ2v) is 6.83. The molecule has 0 bridgehead atoms. The van der Waals surface area contributed by atoms with Gasteiger partial charge in [-0.1, -0.05) is 0 Å². The molecule has 0 aliphatic carbocycles. The molecule has 0 N–H and O–H groups in total. The lowest BCUT2D eigenvalue weighted by atomic mass is 10.1. The summed E-state index contributed by atoms with van der Waals surface area (Å²) in [5, 5.41) is 21.8. The fourth-order valence-electron chi connectivity index (χ4n) is 2.92. The smallest absolute Gasteiger partial charge is 0.284 e. The summed E-state index contributed by atoms with van der Waals surface area (Å²) in [5.41, 5.74) is 1.01. The summed E-state index contributed by atoms with van der Waals surface area (Å²) in [7, 11) is 0. The number of piperazine rings is 1. The van der Waals surface area contributed by atoms with Gasteiger partial charge < -0.3 is 9.80 Å². The van der Waals surface area contributed by atoms with Crippen LogP contribution in [0.5, 0.6) is 0 Å². The fraction of sp³-hybridized carbons (Fsp3) is 0.235. The van der Waals surface area contributed by atoms with E-state index in [0.29, 0.717) is 30.7 Å². The van der Waals surface area contributed by atoms with Crippen LogP contribution in [0.2, 0.25) is 0 Å². The van der Waals surface area contributed by atoms with Crippen molar-refractivity contribution in [1.82, 2.24) is 4.90 Å². The van der Waals surface area contributed by atoms with Gasteiger partial charge in [0.05, 0.1) is 14.3 Å². The lowest BCUT2D eigenvalue weighted by Crippen LogP contribution is -2.48. The average molecular weight is 435 g/mol. The van der Waals surface area contributed by atoms with E-state index in [1.807, 2.05) is 4.90 Å². The zero-order valence-corrected chi connectivity index (χ0v) is 15.7. The topological polar surface area (TPSA) is 110 Å². The number of anilines is 1. The maximum absolute atomic E-state index is 12.6. The molecule has 0 spiro atoms. The van der Waals surface area contributed by atoms with E-state index in [-0.39, 0.29) is 22.8 Å². The third-order valence-corrected chi connectivity index (χ3v) is 5.05.